The van der Waals surface area contributed by atoms with Crippen LogP contribution in [0.2, 0.25) is 5.02 Å². The lowest BCUT2D eigenvalue weighted by atomic mass is 10.1. The standard InChI is InChI=1S/C13H15ClN2O/c1-9(17)7-11-3-4-13(12(14)8-11)16-6-5-15-10(16)2/h3-6,8-9,17H,7H2,1-2H3. The highest BCUT2D eigenvalue weighted by molar-refractivity contribution is 6.32. The lowest BCUT2D eigenvalue weighted by Gasteiger charge is -2.10. The van der Waals surface area contributed by atoms with E-state index in [1.54, 1.807) is 13.1 Å². The molecule has 0 fully saturated rings. The summed E-state index contributed by atoms with van der Waals surface area (Å²) in [4.78, 5) is 4.17. The first kappa shape index (κ1) is 12.1. The van der Waals surface area contributed by atoms with Crippen molar-refractivity contribution < 1.29 is 5.11 Å². The zero-order chi connectivity index (χ0) is 12.4. The van der Waals surface area contributed by atoms with Gasteiger partial charge in [0.05, 0.1) is 16.8 Å². The number of hydrogen-bond donors (Lipinski definition) is 1. The molecule has 0 aliphatic heterocycles. The van der Waals surface area contributed by atoms with Gasteiger partial charge < -0.3 is 9.67 Å². The van der Waals surface area contributed by atoms with Crippen LogP contribution >= 0.6 is 11.6 Å². The van der Waals surface area contributed by atoms with Crippen molar-refractivity contribution in [3.63, 3.8) is 0 Å². The van der Waals surface area contributed by atoms with E-state index in [4.69, 9.17) is 11.6 Å². The van der Waals surface area contributed by atoms with E-state index in [0.717, 1.165) is 17.1 Å². The van der Waals surface area contributed by atoms with Crippen LogP contribution < -0.4 is 0 Å². The van der Waals surface area contributed by atoms with Crippen LogP contribution in [-0.2, 0) is 6.42 Å². The molecule has 1 heterocycles. The van der Waals surface area contributed by atoms with Gasteiger partial charge in [-0.15, -0.1) is 0 Å². The first-order valence-corrected chi connectivity index (χ1v) is 5.92. The number of aliphatic hydroxyl groups excluding tert-OH is 1. The van der Waals surface area contributed by atoms with Crippen molar-refractivity contribution in [3.05, 3.63) is 47.0 Å². The predicted molar refractivity (Wildman–Crippen MR) is 68.7 cm³/mol. The van der Waals surface area contributed by atoms with Gasteiger partial charge in [-0.3, -0.25) is 0 Å². The molecule has 0 radical (unpaired) electrons. The fourth-order valence-electron chi connectivity index (χ4n) is 1.85. The van der Waals surface area contributed by atoms with Gasteiger partial charge in [-0.2, -0.15) is 0 Å². The summed E-state index contributed by atoms with van der Waals surface area (Å²) in [7, 11) is 0. The van der Waals surface area contributed by atoms with Crippen molar-refractivity contribution in [1.29, 1.82) is 0 Å². The minimum Gasteiger partial charge on any atom is -0.393 e. The highest BCUT2D eigenvalue weighted by atomic mass is 35.5. The van der Waals surface area contributed by atoms with Crippen molar-refractivity contribution in [3.8, 4) is 5.69 Å². The van der Waals surface area contributed by atoms with E-state index < -0.39 is 0 Å². The SMILES string of the molecule is Cc1nccn1-c1ccc(CC(C)O)cc1Cl. The van der Waals surface area contributed by atoms with Gasteiger partial charge in [0, 0.05) is 12.4 Å². The number of imidazole rings is 1. The molecule has 0 bridgehead atoms. The first-order chi connectivity index (χ1) is 8.08. The fraction of sp³-hybridized carbons (Fsp3) is 0.308. The Labute approximate surface area is 106 Å². The lowest BCUT2D eigenvalue weighted by molar-refractivity contribution is 0.195. The van der Waals surface area contributed by atoms with Crippen LogP contribution in [0.25, 0.3) is 5.69 Å². The molecule has 2 aromatic rings. The van der Waals surface area contributed by atoms with E-state index in [1.165, 1.54) is 0 Å². The minimum atomic E-state index is -0.355. The van der Waals surface area contributed by atoms with Crippen LogP contribution in [0.4, 0.5) is 0 Å². The Hall–Kier alpha value is -1.32. The van der Waals surface area contributed by atoms with E-state index >= 15 is 0 Å². The van der Waals surface area contributed by atoms with Crippen LogP contribution in [0.5, 0.6) is 0 Å². The summed E-state index contributed by atoms with van der Waals surface area (Å²) in [6.45, 7) is 3.70. The number of halogens is 1. The number of rotatable bonds is 3. The average Bonchev–Trinajstić information content (AvgIpc) is 2.64. The molecule has 3 nitrogen and oxygen atoms in total. The molecule has 0 aliphatic carbocycles. The third kappa shape index (κ3) is 2.68. The van der Waals surface area contributed by atoms with E-state index in [2.05, 4.69) is 4.98 Å². The Morgan fingerprint density at radius 1 is 1.47 bits per heavy atom. The van der Waals surface area contributed by atoms with E-state index in [9.17, 15) is 5.11 Å². The van der Waals surface area contributed by atoms with E-state index in [-0.39, 0.29) is 6.10 Å². The molecule has 4 heteroatoms. The third-order valence-corrected chi connectivity index (χ3v) is 2.93. The molecule has 1 aromatic carbocycles. The zero-order valence-corrected chi connectivity index (χ0v) is 10.6. The Morgan fingerprint density at radius 2 is 2.24 bits per heavy atom. The molecule has 0 saturated heterocycles. The maximum atomic E-state index is 9.34. The molecule has 17 heavy (non-hydrogen) atoms. The molecular formula is C13H15ClN2O. The molecule has 0 spiro atoms. The Bertz CT molecular complexity index is 520. The topological polar surface area (TPSA) is 38.0 Å². The van der Waals surface area contributed by atoms with Crippen LogP contribution in [0.15, 0.2) is 30.6 Å². The first-order valence-electron chi connectivity index (χ1n) is 5.54. The number of aliphatic hydroxyl groups is 1. The van der Waals surface area contributed by atoms with Gasteiger partial charge >= 0.3 is 0 Å². The van der Waals surface area contributed by atoms with Crippen molar-refractivity contribution in [2.75, 3.05) is 0 Å². The highest BCUT2D eigenvalue weighted by Crippen LogP contribution is 2.23. The molecule has 0 amide bonds. The van der Waals surface area contributed by atoms with Crippen molar-refractivity contribution in [1.82, 2.24) is 9.55 Å². The summed E-state index contributed by atoms with van der Waals surface area (Å²) in [5.74, 6) is 0.898. The fourth-order valence-corrected chi connectivity index (χ4v) is 2.14. The summed E-state index contributed by atoms with van der Waals surface area (Å²) in [6, 6.07) is 5.82. The minimum absolute atomic E-state index is 0.355. The molecule has 1 atom stereocenters. The molecule has 0 aliphatic rings. The highest BCUT2D eigenvalue weighted by Gasteiger charge is 2.07. The second-order valence-electron chi connectivity index (χ2n) is 4.18. The summed E-state index contributed by atoms with van der Waals surface area (Å²) in [6.07, 6.45) is 3.88. The zero-order valence-electron chi connectivity index (χ0n) is 9.89. The van der Waals surface area contributed by atoms with Gasteiger partial charge in [-0.25, -0.2) is 4.98 Å². The summed E-state index contributed by atoms with van der Waals surface area (Å²) < 4.78 is 1.94. The number of hydrogen-bond acceptors (Lipinski definition) is 2. The van der Waals surface area contributed by atoms with Crippen molar-refractivity contribution in [2.45, 2.75) is 26.4 Å². The molecule has 1 aromatic heterocycles. The Kier molecular flexibility index (Phi) is 3.50. The Morgan fingerprint density at radius 3 is 2.76 bits per heavy atom. The average molecular weight is 251 g/mol. The van der Waals surface area contributed by atoms with Crippen LogP contribution in [0.3, 0.4) is 0 Å². The van der Waals surface area contributed by atoms with Gasteiger partial charge in [0.15, 0.2) is 0 Å². The van der Waals surface area contributed by atoms with E-state index in [0.29, 0.717) is 11.4 Å². The van der Waals surface area contributed by atoms with Crippen molar-refractivity contribution in [2.24, 2.45) is 0 Å². The van der Waals surface area contributed by atoms with Gasteiger partial charge in [-0.05, 0) is 38.0 Å². The quantitative estimate of drug-likeness (QED) is 0.910. The predicted octanol–water partition coefficient (Wildman–Crippen LogP) is 2.76. The normalized spacial score (nSPS) is 12.7. The molecule has 1 N–H and O–H groups in total. The van der Waals surface area contributed by atoms with Crippen LogP contribution in [0, 0.1) is 6.92 Å². The molecular weight excluding hydrogens is 236 g/mol. The number of aromatic nitrogens is 2. The number of nitrogens with zero attached hydrogens (tertiary/aromatic N) is 2. The lowest BCUT2D eigenvalue weighted by Crippen LogP contribution is -2.05. The van der Waals surface area contributed by atoms with Crippen molar-refractivity contribution >= 4 is 11.6 Å². The van der Waals surface area contributed by atoms with Gasteiger partial charge in [-0.1, -0.05) is 17.7 Å². The molecule has 0 saturated carbocycles. The summed E-state index contributed by atoms with van der Waals surface area (Å²) in [5, 5.41) is 10.0. The maximum Gasteiger partial charge on any atom is 0.110 e. The monoisotopic (exact) mass is 250 g/mol. The molecule has 1 unspecified atom stereocenters. The van der Waals surface area contributed by atoms with Crippen LogP contribution in [-0.4, -0.2) is 20.8 Å². The smallest absolute Gasteiger partial charge is 0.110 e. The van der Waals surface area contributed by atoms with Gasteiger partial charge in [0.2, 0.25) is 0 Å². The number of benzene rings is 1. The molecule has 90 valence electrons. The number of aryl methyl sites for hydroxylation is 1. The van der Waals surface area contributed by atoms with Gasteiger partial charge in [0.1, 0.15) is 5.82 Å². The second-order valence-corrected chi connectivity index (χ2v) is 4.59. The Balaban J connectivity index is 2.35. The second kappa shape index (κ2) is 4.90. The molecule has 2 rings (SSSR count). The summed E-state index contributed by atoms with van der Waals surface area (Å²) >= 11 is 6.25. The van der Waals surface area contributed by atoms with E-state index in [1.807, 2.05) is 35.9 Å². The summed E-state index contributed by atoms with van der Waals surface area (Å²) in [5.41, 5.74) is 1.95. The maximum absolute atomic E-state index is 9.34. The van der Waals surface area contributed by atoms with Crippen LogP contribution in [0.1, 0.15) is 18.3 Å². The third-order valence-electron chi connectivity index (χ3n) is 2.63. The van der Waals surface area contributed by atoms with Gasteiger partial charge in [0.25, 0.3) is 0 Å². The largest absolute Gasteiger partial charge is 0.393 e.